The SMILES string of the molecule is C1=CCC=CC(P(c2ccccc2)c2ccccc2Cc2ccccc2P(C2=CCCC=C2)c2ccccc2)=C1. The van der Waals surface area contributed by atoms with E-state index in [1.165, 1.54) is 43.0 Å². The molecular formula is C38H34P2. The minimum Gasteiger partial charge on any atom is -0.0836 e. The van der Waals surface area contributed by atoms with Crippen molar-refractivity contribution in [1.29, 1.82) is 0 Å². The van der Waals surface area contributed by atoms with E-state index in [4.69, 9.17) is 0 Å². The Hall–Kier alpha value is -3.56. The van der Waals surface area contributed by atoms with Gasteiger partial charge in [-0.2, -0.15) is 0 Å². The van der Waals surface area contributed by atoms with Gasteiger partial charge in [-0.1, -0.05) is 158 Å². The van der Waals surface area contributed by atoms with Gasteiger partial charge in [0.05, 0.1) is 0 Å². The summed E-state index contributed by atoms with van der Waals surface area (Å²) >= 11 is 0. The third-order valence-corrected chi connectivity index (χ3v) is 12.5. The Bertz CT molecular complexity index is 1590. The van der Waals surface area contributed by atoms with Gasteiger partial charge < -0.3 is 0 Å². The van der Waals surface area contributed by atoms with E-state index >= 15 is 0 Å². The van der Waals surface area contributed by atoms with Gasteiger partial charge >= 0.3 is 0 Å². The zero-order valence-corrected chi connectivity index (χ0v) is 24.5. The first kappa shape index (κ1) is 26.7. The van der Waals surface area contributed by atoms with Crippen LogP contribution in [0.3, 0.4) is 0 Å². The molecule has 0 nitrogen and oxygen atoms in total. The molecule has 0 saturated carbocycles. The smallest absolute Gasteiger partial charge is 0.00126 e. The van der Waals surface area contributed by atoms with Crippen molar-refractivity contribution >= 4 is 37.1 Å². The molecule has 0 N–H and O–H groups in total. The lowest BCUT2D eigenvalue weighted by Crippen LogP contribution is -2.21. The van der Waals surface area contributed by atoms with Crippen molar-refractivity contribution in [2.75, 3.05) is 0 Å². The first-order valence-corrected chi connectivity index (χ1v) is 16.8. The molecule has 2 atom stereocenters. The van der Waals surface area contributed by atoms with Gasteiger partial charge in [-0.25, -0.2) is 0 Å². The first-order chi connectivity index (χ1) is 19.9. The van der Waals surface area contributed by atoms with Crippen molar-refractivity contribution in [3.8, 4) is 0 Å². The fourth-order valence-electron chi connectivity index (χ4n) is 5.45. The van der Waals surface area contributed by atoms with Crippen molar-refractivity contribution < 1.29 is 0 Å². The van der Waals surface area contributed by atoms with E-state index in [-0.39, 0.29) is 0 Å². The van der Waals surface area contributed by atoms with Crippen LogP contribution < -0.4 is 21.2 Å². The molecule has 6 rings (SSSR count). The summed E-state index contributed by atoms with van der Waals surface area (Å²) < 4.78 is 0. The van der Waals surface area contributed by atoms with E-state index in [1.54, 1.807) is 0 Å². The summed E-state index contributed by atoms with van der Waals surface area (Å²) in [5.74, 6) is 0. The van der Waals surface area contributed by atoms with Gasteiger partial charge in [0.2, 0.25) is 0 Å². The minimum atomic E-state index is -0.678. The predicted octanol–water partition coefficient (Wildman–Crippen LogP) is 8.78. The number of benzene rings is 4. The fraction of sp³-hybridized carbons (Fsp3) is 0.105. The van der Waals surface area contributed by atoms with Crippen LogP contribution in [0.2, 0.25) is 0 Å². The molecule has 40 heavy (non-hydrogen) atoms. The van der Waals surface area contributed by atoms with Crippen LogP contribution in [0.1, 0.15) is 30.4 Å². The van der Waals surface area contributed by atoms with E-state index in [1.807, 2.05) is 0 Å². The number of allylic oxidation sites excluding steroid dienone is 10. The Kier molecular flexibility index (Phi) is 8.79. The standard InChI is InChI=1S/C38H34P2/c1-2-7-21-33(20-6-1)39(34-22-8-3-9-23-34)37-28-16-14-18-31(37)30-32-19-15-17-29-38(32)40(35-24-10-4-11-25-35)36-26-12-5-13-27-36/h1,3-4,6-12,14-29H,2,5,13,30H2. The summed E-state index contributed by atoms with van der Waals surface area (Å²) in [7, 11) is -1.30. The van der Waals surface area contributed by atoms with Gasteiger partial charge in [0.25, 0.3) is 0 Å². The quantitative estimate of drug-likeness (QED) is 0.192. The van der Waals surface area contributed by atoms with Gasteiger partial charge in [0.1, 0.15) is 0 Å². The molecule has 0 fully saturated rings. The molecule has 2 aliphatic rings. The summed E-state index contributed by atoms with van der Waals surface area (Å²) in [6.45, 7) is 0. The van der Waals surface area contributed by atoms with E-state index in [0.29, 0.717) is 0 Å². The summed E-state index contributed by atoms with van der Waals surface area (Å²) in [5, 5.41) is 8.61. The highest BCUT2D eigenvalue weighted by Gasteiger charge is 2.24. The van der Waals surface area contributed by atoms with Crippen LogP contribution in [-0.4, -0.2) is 0 Å². The second-order valence-corrected chi connectivity index (χ2v) is 14.4. The van der Waals surface area contributed by atoms with Gasteiger partial charge in [-0.05, 0) is 84.5 Å². The van der Waals surface area contributed by atoms with Crippen LogP contribution in [0.15, 0.2) is 168 Å². The maximum absolute atomic E-state index is 2.47. The molecule has 0 heterocycles. The highest BCUT2D eigenvalue weighted by molar-refractivity contribution is 7.77. The average molecular weight is 553 g/mol. The Morgan fingerprint density at radius 1 is 0.500 bits per heavy atom. The molecule has 0 saturated heterocycles. The third-order valence-electron chi connectivity index (χ3n) is 7.33. The molecule has 196 valence electrons. The molecule has 0 amide bonds. The number of hydrogen-bond acceptors (Lipinski definition) is 0. The van der Waals surface area contributed by atoms with Crippen molar-refractivity contribution in [3.05, 3.63) is 180 Å². The van der Waals surface area contributed by atoms with Crippen LogP contribution in [0.25, 0.3) is 0 Å². The normalized spacial score (nSPS) is 16.1. The first-order valence-electron chi connectivity index (χ1n) is 14.1. The van der Waals surface area contributed by atoms with Crippen molar-refractivity contribution in [3.63, 3.8) is 0 Å². The second kappa shape index (κ2) is 13.2. The van der Waals surface area contributed by atoms with Crippen LogP contribution in [-0.2, 0) is 6.42 Å². The molecule has 4 aromatic rings. The van der Waals surface area contributed by atoms with Crippen molar-refractivity contribution in [1.82, 2.24) is 0 Å². The Morgan fingerprint density at radius 3 is 1.65 bits per heavy atom. The summed E-state index contributed by atoms with van der Waals surface area (Å²) in [6.07, 6.45) is 22.8. The Morgan fingerprint density at radius 2 is 1.05 bits per heavy atom. The summed E-state index contributed by atoms with van der Waals surface area (Å²) in [4.78, 5) is 0. The molecule has 0 bridgehead atoms. The predicted molar refractivity (Wildman–Crippen MR) is 178 cm³/mol. The molecule has 0 aliphatic heterocycles. The number of hydrogen-bond donors (Lipinski definition) is 0. The summed E-state index contributed by atoms with van der Waals surface area (Å²) in [6, 6.07) is 40.5. The van der Waals surface area contributed by atoms with E-state index in [2.05, 4.69) is 158 Å². The van der Waals surface area contributed by atoms with Crippen molar-refractivity contribution in [2.45, 2.75) is 25.7 Å². The molecule has 0 radical (unpaired) electrons. The summed E-state index contributed by atoms with van der Waals surface area (Å²) in [5.41, 5.74) is 2.85. The molecule has 2 unspecified atom stereocenters. The largest absolute Gasteiger partial charge is 0.0836 e. The number of rotatable bonds is 8. The fourth-order valence-corrected chi connectivity index (χ4v) is 10.5. The van der Waals surface area contributed by atoms with E-state index in [9.17, 15) is 0 Å². The van der Waals surface area contributed by atoms with Crippen molar-refractivity contribution in [2.24, 2.45) is 0 Å². The zero-order valence-electron chi connectivity index (χ0n) is 22.7. The molecule has 0 aromatic heterocycles. The Labute approximate surface area is 241 Å². The monoisotopic (exact) mass is 552 g/mol. The lowest BCUT2D eigenvalue weighted by atomic mass is 10.1. The highest BCUT2D eigenvalue weighted by Crippen LogP contribution is 2.47. The van der Waals surface area contributed by atoms with Gasteiger partial charge in [-0.15, -0.1) is 0 Å². The molecule has 2 aliphatic carbocycles. The van der Waals surface area contributed by atoms with E-state index < -0.39 is 15.8 Å². The lowest BCUT2D eigenvalue weighted by Gasteiger charge is -2.26. The maximum Gasteiger partial charge on any atom is -0.00126 e. The van der Waals surface area contributed by atoms with Crippen LogP contribution in [0.5, 0.6) is 0 Å². The molecule has 4 aromatic carbocycles. The average Bonchev–Trinajstić information content (AvgIpc) is 3.30. The van der Waals surface area contributed by atoms with Crippen LogP contribution in [0, 0.1) is 0 Å². The molecular weight excluding hydrogens is 518 g/mol. The van der Waals surface area contributed by atoms with E-state index in [0.717, 1.165) is 25.7 Å². The molecule has 0 spiro atoms. The topological polar surface area (TPSA) is 0 Å². The Balaban J connectivity index is 1.45. The van der Waals surface area contributed by atoms with Gasteiger partial charge in [0, 0.05) is 0 Å². The minimum absolute atomic E-state index is 0.623. The second-order valence-electron chi connectivity index (χ2n) is 10.0. The lowest BCUT2D eigenvalue weighted by molar-refractivity contribution is 1.03. The van der Waals surface area contributed by atoms with Crippen LogP contribution >= 0.6 is 15.8 Å². The maximum atomic E-state index is 2.47. The van der Waals surface area contributed by atoms with Crippen LogP contribution in [0.4, 0.5) is 0 Å². The third kappa shape index (κ3) is 6.10. The highest BCUT2D eigenvalue weighted by atomic mass is 31.1. The van der Waals surface area contributed by atoms with Gasteiger partial charge in [-0.3, -0.25) is 0 Å². The molecule has 2 heteroatoms. The van der Waals surface area contributed by atoms with Gasteiger partial charge in [0.15, 0.2) is 0 Å². The zero-order chi connectivity index (χ0) is 27.0.